The molecule has 0 atom stereocenters. The maximum absolute atomic E-state index is 8.69. The fourth-order valence-corrected chi connectivity index (χ4v) is 1.72. The Bertz CT molecular complexity index is 679. The summed E-state index contributed by atoms with van der Waals surface area (Å²) in [5, 5.41) is 27.3. The number of aromatic amines is 1. The van der Waals surface area contributed by atoms with E-state index in [1.165, 1.54) is 0 Å². The summed E-state index contributed by atoms with van der Waals surface area (Å²) >= 11 is 3.33. The van der Waals surface area contributed by atoms with E-state index in [-0.39, 0.29) is 11.5 Å². The first kappa shape index (κ1) is 12.1. The highest BCUT2D eigenvalue weighted by molar-refractivity contribution is 9.10. The number of fused-ring (bicyclic) bond motifs is 1. The second-order valence-electron chi connectivity index (χ2n) is 3.37. The highest BCUT2D eigenvalue weighted by Gasteiger charge is 2.04. The Balaban J connectivity index is 2.30. The minimum Gasteiger partial charge on any atom is -0.382 e. The van der Waals surface area contributed by atoms with E-state index in [0.717, 1.165) is 15.5 Å². The number of nitrogens with one attached hydrogen (secondary N) is 3. The summed E-state index contributed by atoms with van der Waals surface area (Å²) in [6.45, 7) is 0. The van der Waals surface area contributed by atoms with Gasteiger partial charge in [-0.1, -0.05) is 0 Å². The average molecular weight is 306 g/mol. The van der Waals surface area contributed by atoms with Crippen LogP contribution in [0.5, 0.6) is 0 Å². The Morgan fingerprint density at radius 2 is 2.39 bits per heavy atom. The molecule has 18 heavy (non-hydrogen) atoms. The van der Waals surface area contributed by atoms with Crippen LogP contribution in [0.1, 0.15) is 0 Å². The van der Waals surface area contributed by atoms with E-state index in [2.05, 4.69) is 36.7 Å². The molecular weight excluding hydrogens is 298 g/mol. The van der Waals surface area contributed by atoms with Gasteiger partial charge < -0.3 is 5.73 Å². The third kappa shape index (κ3) is 2.31. The Kier molecular flexibility index (Phi) is 3.25. The minimum atomic E-state index is -0.379. The lowest BCUT2D eigenvalue weighted by atomic mass is 10.2. The molecule has 1 aromatic heterocycles. The number of H-pyrrole nitrogens is 1. The average Bonchev–Trinajstić information content (AvgIpc) is 2.71. The van der Waals surface area contributed by atoms with Crippen LogP contribution in [0.3, 0.4) is 0 Å². The summed E-state index contributed by atoms with van der Waals surface area (Å²) in [5.41, 5.74) is 9.15. The molecule has 1 aromatic carbocycles. The molecule has 2 rings (SSSR count). The van der Waals surface area contributed by atoms with Crippen LogP contribution in [0.15, 0.2) is 27.9 Å². The summed E-state index contributed by atoms with van der Waals surface area (Å²) in [5.74, 6) is -0.379. The number of hydrazone groups is 1. The molecule has 0 aliphatic heterocycles. The van der Waals surface area contributed by atoms with Crippen molar-refractivity contribution < 1.29 is 0 Å². The van der Waals surface area contributed by atoms with Crippen LogP contribution in [0, 0.1) is 16.7 Å². The number of hydrogen-bond donors (Lipinski definition) is 4. The van der Waals surface area contributed by atoms with E-state index in [4.69, 9.17) is 16.4 Å². The molecule has 0 fully saturated rings. The third-order valence-corrected chi connectivity index (χ3v) is 2.77. The van der Waals surface area contributed by atoms with Crippen molar-refractivity contribution in [3.8, 4) is 6.07 Å². The van der Waals surface area contributed by atoms with Crippen LogP contribution >= 0.6 is 15.9 Å². The summed E-state index contributed by atoms with van der Waals surface area (Å²) in [6, 6.07) is 7.09. The van der Waals surface area contributed by atoms with Gasteiger partial charge in [-0.15, -0.1) is 0 Å². The zero-order chi connectivity index (χ0) is 13.1. The van der Waals surface area contributed by atoms with E-state index in [1.807, 2.05) is 6.07 Å². The van der Waals surface area contributed by atoms with E-state index < -0.39 is 0 Å². The molecule has 8 heteroatoms. The SMILES string of the molecule is N#C/C(=N\Nc1ccc2n[nH]c(Br)c2c1)C(=N)N. The number of rotatable bonds is 3. The molecule has 0 amide bonds. The standard InChI is InChI=1S/C10H8BrN7/c11-9-6-3-5(1-2-7(6)16-18-9)15-17-8(4-12)10(13)14/h1-3,15H,(H3,13,14)(H,16,18)/b17-8+. The van der Waals surface area contributed by atoms with Crippen molar-refractivity contribution in [1.82, 2.24) is 10.2 Å². The van der Waals surface area contributed by atoms with Crippen molar-refractivity contribution in [2.24, 2.45) is 10.8 Å². The second kappa shape index (κ2) is 4.85. The minimum absolute atomic E-state index is 0.165. The lowest BCUT2D eigenvalue weighted by Crippen LogP contribution is -2.21. The quantitative estimate of drug-likeness (QED) is 0.390. The van der Waals surface area contributed by atoms with E-state index >= 15 is 0 Å². The topological polar surface area (TPSA) is 127 Å². The number of nitrogens with zero attached hydrogens (tertiary/aromatic N) is 3. The van der Waals surface area contributed by atoms with Crippen LogP contribution in [0.25, 0.3) is 10.9 Å². The van der Waals surface area contributed by atoms with Crippen molar-refractivity contribution in [2.75, 3.05) is 5.43 Å². The fourth-order valence-electron chi connectivity index (χ4n) is 1.31. The molecule has 0 bridgehead atoms. The number of nitrogens with two attached hydrogens (primary N) is 1. The number of aromatic nitrogens is 2. The van der Waals surface area contributed by atoms with Crippen molar-refractivity contribution in [3.05, 3.63) is 22.8 Å². The second-order valence-corrected chi connectivity index (χ2v) is 4.16. The van der Waals surface area contributed by atoms with Gasteiger partial charge in [-0.25, -0.2) is 0 Å². The Morgan fingerprint density at radius 3 is 3.06 bits per heavy atom. The van der Waals surface area contributed by atoms with E-state index in [9.17, 15) is 0 Å². The van der Waals surface area contributed by atoms with Gasteiger partial charge >= 0.3 is 0 Å². The van der Waals surface area contributed by atoms with Gasteiger partial charge in [-0.2, -0.15) is 15.5 Å². The van der Waals surface area contributed by atoms with Crippen molar-refractivity contribution in [1.29, 1.82) is 10.7 Å². The zero-order valence-corrected chi connectivity index (χ0v) is 10.6. The largest absolute Gasteiger partial charge is 0.382 e. The third-order valence-electron chi connectivity index (χ3n) is 2.17. The summed E-state index contributed by atoms with van der Waals surface area (Å²) in [4.78, 5) is 0. The van der Waals surface area contributed by atoms with Crippen LogP contribution < -0.4 is 11.2 Å². The molecule has 7 nitrogen and oxygen atoms in total. The maximum Gasteiger partial charge on any atom is 0.201 e. The fraction of sp³-hybridized carbons (Fsp3) is 0. The predicted molar refractivity (Wildman–Crippen MR) is 72.4 cm³/mol. The number of halogens is 1. The monoisotopic (exact) mass is 305 g/mol. The van der Waals surface area contributed by atoms with Crippen molar-refractivity contribution in [3.63, 3.8) is 0 Å². The van der Waals surface area contributed by atoms with Crippen LogP contribution in [-0.4, -0.2) is 21.7 Å². The maximum atomic E-state index is 8.69. The van der Waals surface area contributed by atoms with Crippen LogP contribution in [0.4, 0.5) is 5.69 Å². The number of amidine groups is 1. The lowest BCUT2D eigenvalue weighted by molar-refractivity contribution is 1.10. The molecule has 5 N–H and O–H groups in total. The van der Waals surface area contributed by atoms with Crippen molar-refractivity contribution in [2.45, 2.75) is 0 Å². The van der Waals surface area contributed by atoms with Gasteiger partial charge in [0.25, 0.3) is 0 Å². The highest BCUT2D eigenvalue weighted by atomic mass is 79.9. The van der Waals surface area contributed by atoms with E-state index in [1.54, 1.807) is 18.2 Å². The van der Waals surface area contributed by atoms with Crippen LogP contribution in [0.2, 0.25) is 0 Å². The Labute approximate surface area is 110 Å². The number of hydrogen-bond acceptors (Lipinski definition) is 5. The molecular formula is C10H8BrN7. The first-order valence-electron chi connectivity index (χ1n) is 4.83. The number of benzene rings is 1. The van der Waals surface area contributed by atoms with Crippen LogP contribution in [-0.2, 0) is 0 Å². The molecule has 0 saturated heterocycles. The summed E-state index contributed by atoms with van der Waals surface area (Å²) in [7, 11) is 0. The van der Waals surface area contributed by atoms with Gasteiger partial charge in [-0.05, 0) is 34.1 Å². The van der Waals surface area contributed by atoms with Gasteiger partial charge in [0.2, 0.25) is 5.71 Å². The summed E-state index contributed by atoms with van der Waals surface area (Å²) in [6.07, 6.45) is 0. The zero-order valence-electron chi connectivity index (χ0n) is 9.03. The van der Waals surface area contributed by atoms with Gasteiger partial charge in [0.1, 0.15) is 10.7 Å². The molecule has 0 aliphatic carbocycles. The lowest BCUT2D eigenvalue weighted by Gasteiger charge is -2.01. The molecule has 0 unspecified atom stereocenters. The highest BCUT2D eigenvalue weighted by Crippen LogP contribution is 2.24. The summed E-state index contributed by atoms with van der Waals surface area (Å²) < 4.78 is 0.761. The first-order valence-corrected chi connectivity index (χ1v) is 5.63. The smallest absolute Gasteiger partial charge is 0.201 e. The van der Waals surface area contributed by atoms with Gasteiger partial charge in [0.15, 0.2) is 5.84 Å². The Hall–Kier alpha value is -2.40. The molecule has 90 valence electrons. The first-order chi connectivity index (χ1) is 8.61. The molecule has 0 aliphatic rings. The van der Waals surface area contributed by atoms with Gasteiger partial charge in [-0.3, -0.25) is 15.9 Å². The molecule has 1 heterocycles. The predicted octanol–water partition coefficient (Wildman–Crippen LogP) is 1.55. The van der Waals surface area contributed by atoms with Gasteiger partial charge in [0.05, 0.1) is 11.2 Å². The molecule has 2 aromatic rings. The van der Waals surface area contributed by atoms with E-state index in [0.29, 0.717) is 5.69 Å². The van der Waals surface area contributed by atoms with Crippen molar-refractivity contribution >= 4 is 44.1 Å². The number of anilines is 1. The molecule has 0 saturated carbocycles. The number of nitriles is 1. The molecule has 0 radical (unpaired) electrons. The molecule has 0 spiro atoms. The Morgan fingerprint density at radius 1 is 1.61 bits per heavy atom. The normalized spacial score (nSPS) is 11.2. The van der Waals surface area contributed by atoms with Gasteiger partial charge in [0, 0.05) is 5.39 Å².